The van der Waals surface area contributed by atoms with E-state index in [0.29, 0.717) is 5.82 Å². The summed E-state index contributed by atoms with van der Waals surface area (Å²) in [7, 11) is 0. The van der Waals surface area contributed by atoms with Crippen molar-refractivity contribution in [3.8, 4) is 11.1 Å². The number of aryl methyl sites for hydroxylation is 1. The van der Waals surface area contributed by atoms with E-state index in [1.54, 1.807) is 6.20 Å². The fourth-order valence-electron chi connectivity index (χ4n) is 1.62. The van der Waals surface area contributed by atoms with Crippen LogP contribution in [0.1, 0.15) is 12.5 Å². The lowest BCUT2D eigenvalue weighted by Gasteiger charge is -2.05. The first-order valence-corrected chi connectivity index (χ1v) is 5.11. The van der Waals surface area contributed by atoms with Crippen molar-refractivity contribution in [1.82, 2.24) is 4.98 Å². The van der Waals surface area contributed by atoms with Gasteiger partial charge < -0.3 is 5.73 Å². The number of anilines is 1. The highest BCUT2D eigenvalue weighted by atomic mass is 14.8. The van der Waals surface area contributed by atoms with Crippen molar-refractivity contribution in [2.75, 3.05) is 5.73 Å². The number of aromatic nitrogens is 1. The number of nitrogens with two attached hydrogens (primary N) is 1. The Balaban J connectivity index is 2.49. The Morgan fingerprint density at radius 2 is 2.07 bits per heavy atom. The fraction of sp³-hybridized carbons (Fsp3) is 0.154. The van der Waals surface area contributed by atoms with Crippen LogP contribution in [-0.2, 0) is 6.42 Å². The van der Waals surface area contributed by atoms with Gasteiger partial charge >= 0.3 is 0 Å². The number of nitrogen functional groups attached to an aromatic ring is 1. The molecule has 0 unspecified atom stereocenters. The van der Waals surface area contributed by atoms with Crippen molar-refractivity contribution < 1.29 is 0 Å². The molecule has 0 bridgehead atoms. The van der Waals surface area contributed by atoms with Gasteiger partial charge in [-0.2, -0.15) is 0 Å². The van der Waals surface area contributed by atoms with Crippen molar-refractivity contribution in [3.05, 3.63) is 48.2 Å². The van der Waals surface area contributed by atoms with Gasteiger partial charge in [0.15, 0.2) is 0 Å². The molecule has 76 valence electrons. The second kappa shape index (κ2) is 4.13. The van der Waals surface area contributed by atoms with E-state index in [1.165, 1.54) is 5.56 Å². The number of hydrogen-bond donors (Lipinski definition) is 1. The van der Waals surface area contributed by atoms with Crippen LogP contribution in [0, 0.1) is 0 Å². The van der Waals surface area contributed by atoms with Gasteiger partial charge in [-0.05, 0) is 29.7 Å². The topological polar surface area (TPSA) is 38.9 Å². The number of rotatable bonds is 2. The van der Waals surface area contributed by atoms with Gasteiger partial charge in [-0.3, -0.25) is 0 Å². The van der Waals surface area contributed by atoms with Gasteiger partial charge in [-0.15, -0.1) is 0 Å². The second-order valence-corrected chi connectivity index (χ2v) is 3.49. The molecule has 0 aliphatic rings. The molecule has 2 heteroatoms. The van der Waals surface area contributed by atoms with Crippen LogP contribution in [-0.4, -0.2) is 4.98 Å². The van der Waals surface area contributed by atoms with Crippen LogP contribution in [0.2, 0.25) is 0 Å². The quantitative estimate of drug-likeness (QED) is 0.805. The van der Waals surface area contributed by atoms with Crippen molar-refractivity contribution in [2.24, 2.45) is 0 Å². The van der Waals surface area contributed by atoms with E-state index in [2.05, 4.69) is 36.2 Å². The van der Waals surface area contributed by atoms with Crippen molar-refractivity contribution in [1.29, 1.82) is 0 Å². The van der Waals surface area contributed by atoms with Crippen LogP contribution in [0.5, 0.6) is 0 Å². The van der Waals surface area contributed by atoms with Crippen LogP contribution in [0.3, 0.4) is 0 Å². The largest absolute Gasteiger partial charge is 0.383 e. The van der Waals surface area contributed by atoms with E-state index in [0.717, 1.165) is 17.5 Å². The predicted octanol–water partition coefficient (Wildman–Crippen LogP) is 2.89. The second-order valence-electron chi connectivity index (χ2n) is 3.49. The Kier molecular flexibility index (Phi) is 2.68. The number of benzene rings is 1. The normalized spacial score (nSPS) is 10.2. The summed E-state index contributed by atoms with van der Waals surface area (Å²) in [6, 6.07) is 12.3. The van der Waals surface area contributed by atoms with Gasteiger partial charge in [0.05, 0.1) is 0 Å². The first kappa shape index (κ1) is 9.71. The molecule has 2 aromatic rings. The summed E-state index contributed by atoms with van der Waals surface area (Å²) in [4.78, 5) is 4.09. The number of nitrogens with zero attached hydrogens (tertiary/aromatic N) is 1. The Hall–Kier alpha value is -1.83. The molecule has 1 aromatic heterocycles. The molecule has 2 rings (SSSR count). The van der Waals surface area contributed by atoms with Crippen LogP contribution < -0.4 is 5.73 Å². The van der Waals surface area contributed by atoms with Gasteiger partial charge in [0, 0.05) is 11.8 Å². The van der Waals surface area contributed by atoms with Gasteiger partial charge in [-0.25, -0.2) is 4.98 Å². The maximum absolute atomic E-state index is 5.83. The monoisotopic (exact) mass is 198 g/mol. The Labute approximate surface area is 89.8 Å². The smallest absolute Gasteiger partial charge is 0.131 e. The minimum Gasteiger partial charge on any atom is -0.383 e. The molecule has 0 spiro atoms. The molecule has 15 heavy (non-hydrogen) atoms. The van der Waals surface area contributed by atoms with E-state index < -0.39 is 0 Å². The lowest BCUT2D eigenvalue weighted by molar-refractivity contribution is 1.14. The molecule has 0 fully saturated rings. The summed E-state index contributed by atoms with van der Waals surface area (Å²) in [6.45, 7) is 2.14. The van der Waals surface area contributed by atoms with E-state index in [9.17, 15) is 0 Å². The zero-order chi connectivity index (χ0) is 10.7. The molecular formula is C13H14N2. The third-order valence-electron chi connectivity index (χ3n) is 2.48. The first-order chi connectivity index (χ1) is 7.31. The lowest BCUT2D eigenvalue weighted by Crippen LogP contribution is -1.93. The SMILES string of the molecule is CCc1cccc(-c2cccnc2N)c1. The van der Waals surface area contributed by atoms with Crippen molar-refractivity contribution >= 4 is 5.82 Å². The highest BCUT2D eigenvalue weighted by Crippen LogP contribution is 2.24. The molecule has 0 atom stereocenters. The number of hydrogen-bond acceptors (Lipinski definition) is 2. The van der Waals surface area contributed by atoms with Gasteiger partial charge in [0.2, 0.25) is 0 Å². The Bertz CT molecular complexity index is 464. The van der Waals surface area contributed by atoms with E-state index in [-0.39, 0.29) is 0 Å². The van der Waals surface area contributed by atoms with E-state index >= 15 is 0 Å². The fourth-order valence-corrected chi connectivity index (χ4v) is 1.62. The third kappa shape index (κ3) is 1.99. The molecule has 0 aliphatic heterocycles. The van der Waals surface area contributed by atoms with Crippen LogP contribution >= 0.6 is 0 Å². The summed E-state index contributed by atoms with van der Waals surface area (Å²) < 4.78 is 0. The lowest BCUT2D eigenvalue weighted by atomic mass is 10.0. The summed E-state index contributed by atoms with van der Waals surface area (Å²) in [6.07, 6.45) is 2.75. The van der Waals surface area contributed by atoms with Crippen LogP contribution in [0.25, 0.3) is 11.1 Å². The maximum atomic E-state index is 5.83. The Morgan fingerprint density at radius 1 is 1.20 bits per heavy atom. The van der Waals surface area contributed by atoms with Crippen LogP contribution in [0.4, 0.5) is 5.82 Å². The standard InChI is InChI=1S/C13H14N2/c1-2-10-5-3-6-11(9-10)12-7-4-8-15-13(12)14/h3-9H,2H2,1H3,(H2,14,15). The average molecular weight is 198 g/mol. The first-order valence-electron chi connectivity index (χ1n) is 5.11. The minimum atomic E-state index is 0.589. The molecule has 1 heterocycles. The predicted molar refractivity (Wildman–Crippen MR) is 63.5 cm³/mol. The highest BCUT2D eigenvalue weighted by molar-refractivity contribution is 5.73. The minimum absolute atomic E-state index is 0.589. The maximum Gasteiger partial charge on any atom is 0.131 e. The van der Waals surface area contributed by atoms with E-state index in [1.807, 2.05) is 12.1 Å². The summed E-state index contributed by atoms with van der Waals surface area (Å²) in [5.41, 5.74) is 9.29. The molecule has 0 aliphatic carbocycles. The molecule has 2 nitrogen and oxygen atoms in total. The Morgan fingerprint density at radius 3 is 2.80 bits per heavy atom. The molecular weight excluding hydrogens is 184 g/mol. The zero-order valence-electron chi connectivity index (χ0n) is 8.77. The number of pyridine rings is 1. The molecule has 2 N–H and O–H groups in total. The molecule has 1 aromatic carbocycles. The third-order valence-corrected chi connectivity index (χ3v) is 2.48. The molecule has 0 saturated heterocycles. The van der Waals surface area contributed by atoms with Crippen molar-refractivity contribution in [2.45, 2.75) is 13.3 Å². The average Bonchev–Trinajstić information content (AvgIpc) is 2.30. The van der Waals surface area contributed by atoms with Gasteiger partial charge in [0.25, 0.3) is 0 Å². The van der Waals surface area contributed by atoms with Gasteiger partial charge in [-0.1, -0.05) is 31.2 Å². The summed E-state index contributed by atoms with van der Waals surface area (Å²) in [5.74, 6) is 0.589. The highest BCUT2D eigenvalue weighted by Gasteiger charge is 2.02. The molecule has 0 amide bonds. The zero-order valence-corrected chi connectivity index (χ0v) is 8.77. The van der Waals surface area contributed by atoms with Crippen LogP contribution in [0.15, 0.2) is 42.6 Å². The molecule has 0 radical (unpaired) electrons. The summed E-state index contributed by atoms with van der Waals surface area (Å²) >= 11 is 0. The van der Waals surface area contributed by atoms with Crippen molar-refractivity contribution in [3.63, 3.8) is 0 Å². The van der Waals surface area contributed by atoms with Gasteiger partial charge in [0.1, 0.15) is 5.82 Å². The molecule has 0 saturated carbocycles. The van der Waals surface area contributed by atoms with E-state index in [4.69, 9.17) is 5.73 Å². The summed E-state index contributed by atoms with van der Waals surface area (Å²) in [5, 5.41) is 0.